The van der Waals surface area contributed by atoms with Gasteiger partial charge < -0.3 is 20.9 Å². The van der Waals surface area contributed by atoms with Gasteiger partial charge in [-0.05, 0) is 25.8 Å². The Labute approximate surface area is 103 Å². The number of carboxylic acids is 1. The maximum atomic E-state index is 11.1. The highest BCUT2D eigenvalue weighted by molar-refractivity contribution is 9.09. The first-order valence-corrected chi connectivity index (χ1v) is 6.16. The summed E-state index contributed by atoms with van der Waals surface area (Å²) >= 11 is 3.09. The number of aliphatic carboxylic acids is 1. The highest BCUT2D eigenvalue weighted by Gasteiger charge is 2.19. The first-order chi connectivity index (χ1) is 7.61. The fourth-order valence-corrected chi connectivity index (χ4v) is 1.23. The van der Waals surface area contributed by atoms with Gasteiger partial charge in [-0.15, -0.1) is 0 Å². The predicted molar refractivity (Wildman–Crippen MR) is 62.6 cm³/mol. The molecule has 4 N–H and O–H groups in total. The fraction of sp³-hybridized carbons (Fsp3) is 0.778. The van der Waals surface area contributed by atoms with E-state index in [-0.39, 0.29) is 6.61 Å². The van der Waals surface area contributed by atoms with Crippen LogP contribution in [-0.4, -0.2) is 41.7 Å². The van der Waals surface area contributed by atoms with Crippen molar-refractivity contribution in [1.29, 1.82) is 0 Å². The zero-order chi connectivity index (χ0) is 12.4. The van der Waals surface area contributed by atoms with Crippen molar-refractivity contribution in [3.05, 3.63) is 0 Å². The van der Waals surface area contributed by atoms with Crippen molar-refractivity contribution in [3.8, 4) is 0 Å². The molecule has 0 heterocycles. The molecule has 0 saturated carbocycles. The molecular formula is C9H17BrN2O4. The molecule has 0 fully saturated rings. The van der Waals surface area contributed by atoms with E-state index in [0.717, 1.165) is 6.42 Å². The largest absolute Gasteiger partial charge is 0.480 e. The summed E-state index contributed by atoms with van der Waals surface area (Å²) < 4.78 is 4.69. The SMILES string of the molecule is NCCCCC(NC(=O)OCCBr)C(=O)O. The van der Waals surface area contributed by atoms with E-state index in [0.29, 0.717) is 24.7 Å². The van der Waals surface area contributed by atoms with Gasteiger partial charge in [0.15, 0.2) is 0 Å². The molecule has 1 amide bonds. The lowest BCUT2D eigenvalue weighted by atomic mass is 10.1. The number of rotatable bonds is 8. The minimum atomic E-state index is -1.06. The highest BCUT2D eigenvalue weighted by Crippen LogP contribution is 2.01. The van der Waals surface area contributed by atoms with Crippen LogP contribution in [0.3, 0.4) is 0 Å². The van der Waals surface area contributed by atoms with Crippen molar-refractivity contribution in [3.63, 3.8) is 0 Å². The van der Waals surface area contributed by atoms with Gasteiger partial charge in [-0.2, -0.15) is 0 Å². The van der Waals surface area contributed by atoms with Crippen LogP contribution in [0.4, 0.5) is 4.79 Å². The van der Waals surface area contributed by atoms with Crippen LogP contribution in [0.2, 0.25) is 0 Å². The number of hydrogen-bond acceptors (Lipinski definition) is 4. The second-order valence-corrected chi connectivity index (χ2v) is 3.94. The van der Waals surface area contributed by atoms with E-state index in [1.165, 1.54) is 0 Å². The molecule has 16 heavy (non-hydrogen) atoms. The van der Waals surface area contributed by atoms with Crippen LogP contribution in [0.15, 0.2) is 0 Å². The van der Waals surface area contributed by atoms with Crippen molar-refractivity contribution in [2.24, 2.45) is 5.73 Å². The molecule has 0 aromatic rings. The lowest BCUT2D eigenvalue weighted by molar-refractivity contribution is -0.139. The number of carbonyl (C=O) groups is 2. The average molecular weight is 297 g/mol. The van der Waals surface area contributed by atoms with Gasteiger partial charge in [0.2, 0.25) is 0 Å². The number of hydrogen-bond donors (Lipinski definition) is 3. The number of ether oxygens (including phenoxy) is 1. The number of amides is 1. The zero-order valence-electron chi connectivity index (χ0n) is 8.95. The van der Waals surface area contributed by atoms with Gasteiger partial charge in [-0.25, -0.2) is 9.59 Å². The summed E-state index contributed by atoms with van der Waals surface area (Å²) in [6, 6.07) is -0.908. The number of alkyl halides is 1. The number of unbranched alkanes of at least 4 members (excludes halogenated alkanes) is 1. The molecule has 0 radical (unpaired) electrons. The Morgan fingerprint density at radius 3 is 2.62 bits per heavy atom. The third-order valence-electron chi connectivity index (χ3n) is 1.85. The van der Waals surface area contributed by atoms with E-state index in [1.54, 1.807) is 0 Å². The van der Waals surface area contributed by atoms with Crippen LogP contribution in [0, 0.1) is 0 Å². The summed E-state index contributed by atoms with van der Waals surface area (Å²) in [7, 11) is 0. The Kier molecular flexibility index (Phi) is 8.93. The van der Waals surface area contributed by atoms with E-state index >= 15 is 0 Å². The van der Waals surface area contributed by atoms with Gasteiger partial charge in [0, 0.05) is 5.33 Å². The van der Waals surface area contributed by atoms with Crippen LogP contribution in [0.25, 0.3) is 0 Å². The van der Waals surface area contributed by atoms with Gasteiger partial charge in [0.25, 0.3) is 0 Å². The molecule has 0 aliphatic carbocycles. The molecule has 1 atom stereocenters. The molecule has 0 saturated heterocycles. The Morgan fingerprint density at radius 1 is 1.44 bits per heavy atom. The summed E-state index contributed by atoms with van der Waals surface area (Å²) in [6.07, 6.45) is 1.05. The van der Waals surface area contributed by atoms with Gasteiger partial charge >= 0.3 is 12.1 Å². The molecule has 0 aliphatic heterocycles. The molecule has 1 unspecified atom stereocenters. The summed E-state index contributed by atoms with van der Waals surface area (Å²) in [5, 5.41) is 11.6. The van der Waals surface area contributed by atoms with Gasteiger partial charge in [-0.3, -0.25) is 0 Å². The molecular weight excluding hydrogens is 280 g/mol. The number of halogens is 1. The number of nitrogens with two attached hydrogens (primary N) is 1. The molecule has 94 valence electrons. The van der Waals surface area contributed by atoms with Crippen molar-refractivity contribution in [2.45, 2.75) is 25.3 Å². The Hall–Kier alpha value is -0.820. The number of alkyl carbamates (subject to hydrolysis) is 1. The van der Waals surface area contributed by atoms with Crippen molar-refractivity contribution >= 4 is 28.0 Å². The van der Waals surface area contributed by atoms with Crippen molar-refractivity contribution in [1.82, 2.24) is 5.32 Å². The highest BCUT2D eigenvalue weighted by atomic mass is 79.9. The Balaban J connectivity index is 3.92. The topological polar surface area (TPSA) is 102 Å². The first kappa shape index (κ1) is 15.2. The van der Waals surface area contributed by atoms with E-state index in [2.05, 4.69) is 21.2 Å². The van der Waals surface area contributed by atoms with E-state index in [1.807, 2.05) is 0 Å². The van der Waals surface area contributed by atoms with Crippen molar-refractivity contribution < 1.29 is 19.4 Å². The maximum absolute atomic E-state index is 11.1. The second-order valence-electron chi connectivity index (χ2n) is 3.14. The maximum Gasteiger partial charge on any atom is 0.407 e. The predicted octanol–water partition coefficient (Wildman–Crippen LogP) is 0.690. The molecule has 7 heteroatoms. The number of carbonyl (C=O) groups excluding carboxylic acids is 1. The van der Waals surface area contributed by atoms with Crippen LogP contribution in [0.1, 0.15) is 19.3 Å². The fourth-order valence-electron chi connectivity index (χ4n) is 1.07. The molecule has 0 bridgehead atoms. The van der Waals surface area contributed by atoms with E-state index < -0.39 is 18.1 Å². The lowest BCUT2D eigenvalue weighted by Crippen LogP contribution is -2.41. The quantitative estimate of drug-likeness (QED) is 0.452. The number of nitrogens with one attached hydrogen (secondary N) is 1. The second kappa shape index (κ2) is 9.41. The average Bonchev–Trinajstić information content (AvgIpc) is 2.25. The minimum Gasteiger partial charge on any atom is -0.480 e. The Bertz CT molecular complexity index is 226. The third kappa shape index (κ3) is 7.47. The van der Waals surface area contributed by atoms with Gasteiger partial charge in [0.1, 0.15) is 12.6 Å². The lowest BCUT2D eigenvalue weighted by Gasteiger charge is -2.13. The monoisotopic (exact) mass is 296 g/mol. The smallest absolute Gasteiger partial charge is 0.407 e. The summed E-state index contributed by atoms with van der Waals surface area (Å²) in [4.78, 5) is 21.9. The molecule has 0 aromatic carbocycles. The van der Waals surface area contributed by atoms with Gasteiger partial charge in [-0.1, -0.05) is 15.9 Å². The van der Waals surface area contributed by atoms with Crippen LogP contribution in [0.5, 0.6) is 0 Å². The van der Waals surface area contributed by atoms with Gasteiger partial charge in [0.05, 0.1) is 0 Å². The summed E-state index contributed by atoms with van der Waals surface area (Å²) in [6.45, 7) is 0.724. The molecule has 0 aliphatic rings. The first-order valence-electron chi connectivity index (χ1n) is 5.04. The molecule has 0 rings (SSSR count). The molecule has 0 spiro atoms. The summed E-state index contributed by atoms with van der Waals surface area (Å²) in [5.41, 5.74) is 5.29. The summed E-state index contributed by atoms with van der Waals surface area (Å²) in [5.74, 6) is -1.06. The number of carboxylic acid groups (broad SMARTS) is 1. The minimum absolute atomic E-state index is 0.209. The van der Waals surface area contributed by atoms with Crippen LogP contribution in [-0.2, 0) is 9.53 Å². The van der Waals surface area contributed by atoms with Crippen molar-refractivity contribution in [2.75, 3.05) is 18.5 Å². The third-order valence-corrected chi connectivity index (χ3v) is 2.17. The van der Waals surface area contributed by atoms with E-state index in [4.69, 9.17) is 15.6 Å². The van der Waals surface area contributed by atoms with E-state index in [9.17, 15) is 9.59 Å². The standard InChI is InChI=1S/C9H17BrN2O4/c10-4-6-16-9(15)12-7(8(13)14)3-1-2-5-11/h7H,1-6,11H2,(H,12,15)(H,13,14). The normalized spacial score (nSPS) is 11.9. The zero-order valence-corrected chi connectivity index (χ0v) is 10.5. The molecule has 0 aromatic heterocycles. The Morgan fingerprint density at radius 2 is 2.12 bits per heavy atom. The van der Waals surface area contributed by atoms with Crippen LogP contribution >= 0.6 is 15.9 Å². The van der Waals surface area contributed by atoms with Crippen LogP contribution < -0.4 is 11.1 Å². The molecule has 6 nitrogen and oxygen atoms in total.